The molecule has 1 aliphatic heterocycles. The first-order valence-electron chi connectivity index (χ1n) is 11.3. The lowest BCUT2D eigenvalue weighted by atomic mass is 9.91. The van der Waals surface area contributed by atoms with Gasteiger partial charge >= 0.3 is 0 Å². The molecule has 8 heteroatoms. The van der Waals surface area contributed by atoms with Crippen molar-refractivity contribution in [3.05, 3.63) is 54.1 Å². The molecule has 2 atom stereocenters. The molecule has 5 rings (SSSR count). The highest BCUT2D eigenvalue weighted by molar-refractivity contribution is 5.98. The molecule has 33 heavy (non-hydrogen) atoms. The Balaban J connectivity index is 1.49. The molecule has 1 fully saturated rings. The Morgan fingerprint density at radius 3 is 2.64 bits per heavy atom. The Kier molecular flexibility index (Phi) is 5.17. The zero-order chi connectivity index (χ0) is 23.3. The summed E-state index contributed by atoms with van der Waals surface area (Å²) in [5.74, 6) is -0.0381. The minimum Gasteiger partial charge on any atom is -0.369 e. The molecule has 0 spiro atoms. The van der Waals surface area contributed by atoms with E-state index >= 15 is 0 Å². The van der Waals surface area contributed by atoms with Crippen LogP contribution in [0, 0.1) is 5.92 Å². The molecular formula is C25H28N6O2. The smallest absolute Gasteiger partial charge is 0.253 e. The fourth-order valence-electron chi connectivity index (χ4n) is 5.00. The fourth-order valence-corrected chi connectivity index (χ4v) is 5.00. The number of rotatable bonds is 4. The molecule has 4 aromatic rings. The number of hydrogen-bond donors (Lipinski definition) is 2. The lowest BCUT2D eigenvalue weighted by Gasteiger charge is -2.35. The Morgan fingerprint density at radius 1 is 1.12 bits per heavy atom. The van der Waals surface area contributed by atoms with E-state index in [1.165, 1.54) is 10.9 Å². The maximum absolute atomic E-state index is 13.2. The van der Waals surface area contributed by atoms with Crippen molar-refractivity contribution in [1.82, 2.24) is 19.0 Å². The highest BCUT2D eigenvalue weighted by atomic mass is 16.2. The van der Waals surface area contributed by atoms with E-state index in [-0.39, 0.29) is 11.8 Å². The maximum atomic E-state index is 13.2. The van der Waals surface area contributed by atoms with Gasteiger partial charge in [0, 0.05) is 49.2 Å². The average Bonchev–Trinajstić information content (AvgIpc) is 3.35. The van der Waals surface area contributed by atoms with Gasteiger partial charge in [0.05, 0.1) is 22.6 Å². The van der Waals surface area contributed by atoms with Crippen LogP contribution in [0.15, 0.2) is 48.5 Å². The van der Waals surface area contributed by atoms with Gasteiger partial charge in [0.2, 0.25) is 5.91 Å². The summed E-state index contributed by atoms with van der Waals surface area (Å²) in [6, 6.07) is 15.6. The number of amides is 2. The molecule has 0 aliphatic carbocycles. The standard InChI is InChI=1S/C25H28N6O2/c1-3-31-20-7-5-4-6-15(20)13-22(31)24-28-19-12-16(8-9-21(19)29(24)2)25(33)30-11-10-17(23(27)32)18(26)14-30/h4-9,12-13,17-18H,3,10-11,14,26H2,1-2H3,(H2,27,32)/t17-,18+/m0/s1. The lowest BCUT2D eigenvalue weighted by molar-refractivity contribution is -0.123. The van der Waals surface area contributed by atoms with Crippen LogP contribution in [0.3, 0.4) is 0 Å². The monoisotopic (exact) mass is 444 g/mol. The summed E-state index contributed by atoms with van der Waals surface area (Å²) in [6.45, 7) is 3.73. The lowest BCUT2D eigenvalue weighted by Crippen LogP contribution is -2.53. The number of likely N-dealkylation sites (tertiary alicyclic amines) is 1. The second-order valence-corrected chi connectivity index (χ2v) is 8.74. The van der Waals surface area contributed by atoms with Crippen molar-refractivity contribution in [1.29, 1.82) is 0 Å². The molecule has 0 bridgehead atoms. The quantitative estimate of drug-likeness (QED) is 0.504. The molecule has 8 nitrogen and oxygen atoms in total. The summed E-state index contributed by atoms with van der Waals surface area (Å²) in [6.07, 6.45) is 0.486. The number of benzene rings is 2. The number of piperidine rings is 1. The predicted octanol–water partition coefficient (Wildman–Crippen LogP) is 2.49. The van der Waals surface area contributed by atoms with Crippen LogP contribution in [-0.2, 0) is 18.4 Å². The Morgan fingerprint density at radius 2 is 1.91 bits per heavy atom. The number of primary amides is 1. The number of nitrogens with two attached hydrogens (primary N) is 2. The van der Waals surface area contributed by atoms with E-state index in [9.17, 15) is 9.59 Å². The van der Waals surface area contributed by atoms with Crippen LogP contribution < -0.4 is 11.5 Å². The van der Waals surface area contributed by atoms with E-state index in [0.717, 1.165) is 29.1 Å². The average molecular weight is 445 g/mol. The van der Waals surface area contributed by atoms with Crippen molar-refractivity contribution in [3.8, 4) is 11.5 Å². The molecular weight excluding hydrogens is 416 g/mol. The zero-order valence-electron chi connectivity index (χ0n) is 18.9. The summed E-state index contributed by atoms with van der Waals surface area (Å²) in [5, 5.41) is 1.17. The first-order valence-corrected chi connectivity index (χ1v) is 11.3. The number of nitrogens with zero attached hydrogens (tertiary/aromatic N) is 4. The van der Waals surface area contributed by atoms with Crippen molar-refractivity contribution < 1.29 is 9.59 Å². The van der Waals surface area contributed by atoms with Gasteiger partial charge in [0.1, 0.15) is 0 Å². The third-order valence-electron chi connectivity index (χ3n) is 6.79. The number of carbonyl (C=O) groups excluding carboxylic acids is 2. The molecule has 2 aromatic heterocycles. The molecule has 1 saturated heterocycles. The van der Waals surface area contributed by atoms with E-state index < -0.39 is 11.9 Å². The van der Waals surface area contributed by atoms with Gasteiger partial charge in [-0.05, 0) is 43.7 Å². The van der Waals surface area contributed by atoms with Crippen LogP contribution in [0.4, 0.5) is 0 Å². The Hall–Kier alpha value is -3.65. The fraction of sp³-hybridized carbons (Fsp3) is 0.320. The first kappa shape index (κ1) is 21.2. The second kappa shape index (κ2) is 8.04. The number of fused-ring (bicyclic) bond motifs is 2. The normalized spacial score (nSPS) is 18.8. The molecule has 3 heterocycles. The molecule has 0 saturated carbocycles. The number of para-hydroxylation sites is 1. The van der Waals surface area contributed by atoms with Crippen LogP contribution in [-0.4, -0.2) is 50.0 Å². The van der Waals surface area contributed by atoms with Gasteiger partial charge in [-0.15, -0.1) is 0 Å². The summed E-state index contributed by atoms with van der Waals surface area (Å²) < 4.78 is 4.32. The molecule has 170 valence electrons. The second-order valence-electron chi connectivity index (χ2n) is 8.74. The minimum atomic E-state index is -0.443. The van der Waals surface area contributed by atoms with Crippen LogP contribution in [0.2, 0.25) is 0 Å². The van der Waals surface area contributed by atoms with Crippen molar-refractivity contribution in [2.24, 2.45) is 24.4 Å². The van der Waals surface area contributed by atoms with Crippen molar-refractivity contribution in [2.45, 2.75) is 25.9 Å². The minimum absolute atomic E-state index is 0.106. The number of imidazole rings is 1. The summed E-state index contributed by atoms with van der Waals surface area (Å²) in [5.41, 5.74) is 16.0. The highest BCUT2D eigenvalue weighted by Crippen LogP contribution is 2.30. The van der Waals surface area contributed by atoms with Gasteiger partial charge in [-0.3, -0.25) is 9.59 Å². The Bertz CT molecular complexity index is 1380. The van der Waals surface area contributed by atoms with Gasteiger partial charge in [-0.2, -0.15) is 0 Å². The number of carbonyl (C=O) groups is 2. The number of aromatic nitrogens is 3. The molecule has 2 amide bonds. The molecule has 1 aliphatic rings. The van der Waals surface area contributed by atoms with Gasteiger partial charge in [0.15, 0.2) is 5.82 Å². The summed E-state index contributed by atoms with van der Waals surface area (Å²) in [4.78, 5) is 31.3. The Labute approximate surface area is 191 Å². The number of aryl methyl sites for hydroxylation is 2. The van der Waals surface area contributed by atoms with E-state index in [2.05, 4.69) is 34.3 Å². The molecule has 4 N–H and O–H groups in total. The van der Waals surface area contributed by atoms with Gasteiger partial charge < -0.3 is 25.5 Å². The number of hydrogen-bond acceptors (Lipinski definition) is 4. The summed E-state index contributed by atoms with van der Waals surface area (Å²) in [7, 11) is 2.00. The van der Waals surface area contributed by atoms with E-state index in [0.29, 0.717) is 25.1 Å². The third kappa shape index (κ3) is 3.47. The van der Waals surface area contributed by atoms with E-state index in [1.807, 2.05) is 37.4 Å². The largest absolute Gasteiger partial charge is 0.369 e. The highest BCUT2D eigenvalue weighted by Gasteiger charge is 2.32. The molecule has 0 unspecified atom stereocenters. The third-order valence-corrected chi connectivity index (χ3v) is 6.79. The zero-order valence-corrected chi connectivity index (χ0v) is 18.9. The predicted molar refractivity (Wildman–Crippen MR) is 129 cm³/mol. The molecule has 2 aromatic carbocycles. The van der Waals surface area contributed by atoms with Crippen LogP contribution in [0.25, 0.3) is 33.5 Å². The van der Waals surface area contributed by atoms with Crippen molar-refractivity contribution >= 4 is 33.8 Å². The van der Waals surface area contributed by atoms with Crippen molar-refractivity contribution in [3.63, 3.8) is 0 Å². The SMILES string of the molecule is CCn1c(-c2nc3cc(C(=O)N4CC[C@H](C(N)=O)[C@H](N)C4)ccc3n2C)cc2ccccc21. The van der Waals surface area contributed by atoms with Crippen LogP contribution in [0.5, 0.6) is 0 Å². The van der Waals surface area contributed by atoms with Crippen molar-refractivity contribution in [2.75, 3.05) is 13.1 Å². The van der Waals surface area contributed by atoms with Gasteiger partial charge in [-0.1, -0.05) is 18.2 Å². The van der Waals surface area contributed by atoms with Gasteiger partial charge in [-0.25, -0.2) is 4.98 Å². The molecule has 0 radical (unpaired) electrons. The first-order chi connectivity index (χ1) is 15.9. The van der Waals surface area contributed by atoms with E-state index in [4.69, 9.17) is 16.5 Å². The maximum Gasteiger partial charge on any atom is 0.253 e. The van der Waals surface area contributed by atoms with Crippen LogP contribution >= 0.6 is 0 Å². The summed E-state index contributed by atoms with van der Waals surface area (Å²) >= 11 is 0. The van der Waals surface area contributed by atoms with E-state index in [1.54, 1.807) is 4.90 Å². The van der Waals surface area contributed by atoms with Gasteiger partial charge in [0.25, 0.3) is 5.91 Å². The van der Waals surface area contributed by atoms with Crippen LogP contribution in [0.1, 0.15) is 23.7 Å². The topological polar surface area (TPSA) is 112 Å².